The third kappa shape index (κ3) is 5.21. The Kier molecular flexibility index (Phi) is 4.62. The second kappa shape index (κ2) is 5.21. The van der Waals surface area contributed by atoms with E-state index in [-0.39, 0.29) is 0 Å². The lowest BCUT2D eigenvalue weighted by atomic mass is 10.5. The first-order valence-electron chi connectivity index (χ1n) is 2.09. The van der Waals surface area contributed by atoms with E-state index in [9.17, 15) is 4.79 Å². The van der Waals surface area contributed by atoms with E-state index in [0.29, 0.717) is 0 Å². The normalized spacial score (nSPS) is 9.29. The molecule has 0 amide bonds. The molecule has 7 heavy (non-hydrogen) atoms. The quantitative estimate of drug-likeness (QED) is 0.493. The van der Waals surface area contributed by atoms with Crippen molar-refractivity contribution in [3.8, 4) is 0 Å². The van der Waals surface area contributed by atoms with Gasteiger partial charge in [-0.05, 0) is 12.5 Å². The van der Waals surface area contributed by atoms with Gasteiger partial charge in [0.2, 0.25) is 0 Å². The van der Waals surface area contributed by atoms with Crippen LogP contribution in [0.25, 0.3) is 0 Å². The summed E-state index contributed by atoms with van der Waals surface area (Å²) in [5.74, 6) is 0. The Bertz CT molecular complexity index is 66.5. The zero-order valence-corrected chi connectivity index (χ0v) is 4.18. The predicted octanol–water partition coefficient (Wildman–Crippen LogP) is 0.994. The SMILES string of the molecule is CC/C=C/O[C]=O. The van der Waals surface area contributed by atoms with Crippen LogP contribution in [0.15, 0.2) is 12.3 Å². The van der Waals surface area contributed by atoms with Gasteiger partial charge in [0.25, 0.3) is 0 Å². The van der Waals surface area contributed by atoms with Gasteiger partial charge in [-0.1, -0.05) is 6.92 Å². The minimum absolute atomic E-state index is 0.877. The van der Waals surface area contributed by atoms with Crippen molar-refractivity contribution < 1.29 is 9.53 Å². The molecule has 0 aromatic rings. The molecule has 0 atom stereocenters. The molecule has 0 aliphatic heterocycles. The van der Waals surface area contributed by atoms with E-state index in [1.165, 1.54) is 12.7 Å². The Labute approximate surface area is 42.8 Å². The number of carbonyl (C=O) groups excluding carboxylic acids is 1. The Hall–Kier alpha value is -0.790. The van der Waals surface area contributed by atoms with Gasteiger partial charge in [0.1, 0.15) is 0 Å². The van der Waals surface area contributed by atoms with Gasteiger partial charge in [0, 0.05) is 0 Å². The highest BCUT2D eigenvalue weighted by molar-refractivity contribution is 5.39. The summed E-state index contributed by atoms with van der Waals surface area (Å²) in [5, 5.41) is 0. The molecule has 0 rings (SSSR count). The summed E-state index contributed by atoms with van der Waals surface area (Å²) in [6, 6.07) is 0. The van der Waals surface area contributed by atoms with Crippen molar-refractivity contribution in [1.82, 2.24) is 0 Å². The summed E-state index contributed by atoms with van der Waals surface area (Å²) in [6.45, 7) is 3.21. The number of allylic oxidation sites excluding steroid dienone is 1. The third-order valence-corrected chi connectivity index (χ3v) is 0.448. The molecular weight excluding hydrogens is 92.1 g/mol. The van der Waals surface area contributed by atoms with Crippen molar-refractivity contribution in [3.05, 3.63) is 12.3 Å². The summed E-state index contributed by atoms with van der Waals surface area (Å²) in [6.07, 6.45) is 3.92. The molecule has 0 unspecified atom stereocenters. The number of rotatable bonds is 3. The molecular formula is C5H7O2. The molecule has 0 N–H and O–H groups in total. The molecule has 0 saturated carbocycles. The fourth-order valence-electron chi connectivity index (χ4n) is 0.172. The van der Waals surface area contributed by atoms with Gasteiger partial charge in [0.05, 0.1) is 6.26 Å². The molecule has 0 aliphatic rings. The van der Waals surface area contributed by atoms with Gasteiger partial charge in [-0.2, -0.15) is 0 Å². The van der Waals surface area contributed by atoms with Crippen LogP contribution in [0.2, 0.25) is 0 Å². The van der Waals surface area contributed by atoms with Crippen LogP contribution in [0, 0.1) is 0 Å². The molecule has 0 spiro atoms. The first kappa shape index (κ1) is 6.21. The van der Waals surface area contributed by atoms with Crippen molar-refractivity contribution in [2.75, 3.05) is 0 Å². The fourth-order valence-corrected chi connectivity index (χ4v) is 0.172. The van der Waals surface area contributed by atoms with Crippen molar-refractivity contribution in [2.24, 2.45) is 0 Å². The maximum absolute atomic E-state index is 9.28. The fraction of sp³-hybridized carbons (Fsp3) is 0.400. The second-order valence-electron chi connectivity index (χ2n) is 0.981. The van der Waals surface area contributed by atoms with E-state index in [1.54, 1.807) is 6.08 Å². The standard InChI is InChI=1S/C5H7O2/c1-2-3-4-7-5-6/h3-4H,2H2,1H3/b4-3+. The highest BCUT2D eigenvalue weighted by atomic mass is 16.5. The molecule has 0 aliphatic carbocycles. The van der Waals surface area contributed by atoms with E-state index in [0.717, 1.165) is 6.42 Å². The lowest BCUT2D eigenvalue weighted by molar-refractivity contribution is 0.397. The molecule has 2 heteroatoms. The van der Waals surface area contributed by atoms with Crippen molar-refractivity contribution in [1.29, 1.82) is 0 Å². The molecule has 0 aromatic heterocycles. The van der Waals surface area contributed by atoms with Gasteiger partial charge in [0.15, 0.2) is 0 Å². The third-order valence-electron chi connectivity index (χ3n) is 0.448. The second-order valence-corrected chi connectivity index (χ2v) is 0.981. The monoisotopic (exact) mass is 99.0 g/mol. The molecule has 1 radical (unpaired) electrons. The van der Waals surface area contributed by atoms with Crippen LogP contribution in [0.4, 0.5) is 0 Å². The molecule has 2 nitrogen and oxygen atoms in total. The molecule has 0 heterocycles. The lowest BCUT2D eigenvalue weighted by Crippen LogP contribution is -1.70. The molecule has 0 saturated heterocycles. The van der Waals surface area contributed by atoms with Crippen molar-refractivity contribution in [2.45, 2.75) is 13.3 Å². The summed E-state index contributed by atoms with van der Waals surface area (Å²) in [5.41, 5.74) is 0. The maximum Gasteiger partial charge on any atom is 0.422 e. The number of hydrogen-bond acceptors (Lipinski definition) is 2. The largest absolute Gasteiger partial charge is 0.426 e. The predicted molar refractivity (Wildman–Crippen MR) is 26.2 cm³/mol. The van der Waals surface area contributed by atoms with Gasteiger partial charge < -0.3 is 4.74 Å². The maximum atomic E-state index is 9.28. The van der Waals surface area contributed by atoms with Gasteiger partial charge in [-0.15, -0.1) is 0 Å². The summed E-state index contributed by atoms with van der Waals surface area (Å²) >= 11 is 0. The molecule has 39 valence electrons. The van der Waals surface area contributed by atoms with Crippen LogP contribution in [0.3, 0.4) is 0 Å². The smallest absolute Gasteiger partial charge is 0.422 e. The van der Waals surface area contributed by atoms with Crippen LogP contribution >= 0.6 is 0 Å². The zero-order chi connectivity index (χ0) is 5.54. The number of ether oxygens (including phenoxy) is 1. The van der Waals surface area contributed by atoms with Crippen LogP contribution < -0.4 is 0 Å². The zero-order valence-electron chi connectivity index (χ0n) is 4.18. The molecule has 0 bridgehead atoms. The van der Waals surface area contributed by atoms with Crippen LogP contribution in [0.5, 0.6) is 0 Å². The summed E-state index contributed by atoms with van der Waals surface area (Å²) in [7, 11) is 0. The van der Waals surface area contributed by atoms with Crippen LogP contribution in [0.1, 0.15) is 13.3 Å². The van der Waals surface area contributed by atoms with E-state index < -0.39 is 0 Å². The van der Waals surface area contributed by atoms with E-state index in [2.05, 4.69) is 4.74 Å². The average molecular weight is 99.1 g/mol. The van der Waals surface area contributed by atoms with E-state index in [1.807, 2.05) is 6.92 Å². The van der Waals surface area contributed by atoms with Crippen molar-refractivity contribution in [3.63, 3.8) is 0 Å². The minimum Gasteiger partial charge on any atom is -0.426 e. The highest BCUT2D eigenvalue weighted by Gasteiger charge is 1.66. The van der Waals surface area contributed by atoms with Gasteiger partial charge in [-0.3, -0.25) is 0 Å². The Morgan fingerprint density at radius 1 is 1.86 bits per heavy atom. The first-order valence-corrected chi connectivity index (χ1v) is 2.09. The Morgan fingerprint density at radius 2 is 2.57 bits per heavy atom. The summed E-state index contributed by atoms with van der Waals surface area (Å²) in [4.78, 5) is 9.28. The number of hydrogen-bond donors (Lipinski definition) is 0. The van der Waals surface area contributed by atoms with Gasteiger partial charge in [-0.25, -0.2) is 4.79 Å². The average Bonchev–Trinajstić information content (AvgIpc) is 1.69. The van der Waals surface area contributed by atoms with Crippen LogP contribution in [-0.2, 0) is 9.53 Å². The van der Waals surface area contributed by atoms with Crippen molar-refractivity contribution >= 4 is 6.47 Å². The lowest BCUT2D eigenvalue weighted by Gasteiger charge is -1.76. The van der Waals surface area contributed by atoms with E-state index >= 15 is 0 Å². The van der Waals surface area contributed by atoms with E-state index in [4.69, 9.17) is 0 Å². The minimum atomic E-state index is 0.877. The molecule has 0 fully saturated rings. The topological polar surface area (TPSA) is 26.3 Å². The van der Waals surface area contributed by atoms with Gasteiger partial charge >= 0.3 is 6.47 Å². The molecule has 0 aromatic carbocycles. The first-order chi connectivity index (χ1) is 3.41. The highest BCUT2D eigenvalue weighted by Crippen LogP contribution is 1.77. The Balaban J connectivity index is 2.92. The van der Waals surface area contributed by atoms with Crippen LogP contribution in [-0.4, -0.2) is 6.47 Å². The summed E-state index contributed by atoms with van der Waals surface area (Å²) < 4.78 is 4.09. The Morgan fingerprint density at radius 3 is 3.00 bits per heavy atom.